The number of benzene rings is 1. The van der Waals surface area contributed by atoms with Crippen LogP contribution in [-0.2, 0) is 20.9 Å². The molecule has 1 saturated heterocycles. The monoisotopic (exact) mass is 402 g/mol. The van der Waals surface area contributed by atoms with Crippen LogP contribution in [0.5, 0.6) is 0 Å². The van der Waals surface area contributed by atoms with E-state index in [1.807, 2.05) is 18.2 Å². The number of imide groups is 1. The lowest BCUT2D eigenvalue weighted by Crippen LogP contribution is -2.52. The Labute approximate surface area is 168 Å². The van der Waals surface area contributed by atoms with E-state index in [0.717, 1.165) is 24.1 Å². The van der Waals surface area contributed by atoms with E-state index in [4.69, 9.17) is 15.6 Å². The molecule has 3 amide bonds. The Kier molecular flexibility index (Phi) is 6.48. The molecule has 9 heteroatoms. The van der Waals surface area contributed by atoms with Crippen molar-refractivity contribution in [2.24, 2.45) is 5.73 Å². The zero-order chi connectivity index (χ0) is 21.0. The second kappa shape index (κ2) is 9.04. The largest absolute Gasteiger partial charge is 0.483 e. The number of piperidine rings is 1. The van der Waals surface area contributed by atoms with E-state index in [1.165, 1.54) is 12.8 Å². The Morgan fingerprint density at radius 2 is 1.90 bits per heavy atom. The van der Waals surface area contributed by atoms with Crippen LogP contribution < -0.4 is 16.4 Å². The molecule has 2 heterocycles. The van der Waals surface area contributed by atoms with Crippen LogP contribution in [0.25, 0.3) is 0 Å². The minimum atomic E-state index is -0.573. The van der Waals surface area contributed by atoms with Crippen molar-refractivity contribution in [1.29, 1.82) is 0 Å². The molecule has 2 fully saturated rings. The summed E-state index contributed by atoms with van der Waals surface area (Å²) in [6.45, 7) is 0.146. The van der Waals surface area contributed by atoms with Crippen molar-refractivity contribution in [3.63, 3.8) is 0 Å². The van der Waals surface area contributed by atoms with Gasteiger partial charge in [0.2, 0.25) is 11.8 Å². The molecule has 9 nitrogen and oxygen atoms in total. The maximum absolute atomic E-state index is 12.7. The predicted molar refractivity (Wildman–Crippen MR) is 105 cm³/mol. The Bertz CT molecular complexity index is 812. The highest BCUT2D eigenvalue weighted by atomic mass is 16.3. The molecule has 0 aromatic heterocycles. The predicted octanol–water partition coefficient (Wildman–Crippen LogP) is 0.830. The first-order chi connectivity index (χ1) is 13.9. The summed E-state index contributed by atoms with van der Waals surface area (Å²) >= 11 is 0. The molecule has 1 aliphatic carbocycles. The number of hydrogen-bond acceptors (Lipinski definition) is 6. The van der Waals surface area contributed by atoms with E-state index in [2.05, 4.69) is 10.6 Å². The number of hydrogen-bond donors (Lipinski definition) is 4. The average Bonchev–Trinajstić information content (AvgIpc) is 3.00. The molecule has 3 atom stereocenters. The van der Waals surface area contributed by atoms with Crippen LogP contribution in [0.4, 0.5) is 5.69 Å². The fourth-order valence-corrected chi connectivity index (χ4v) is 4.22. The van der Waals surface area contributed by atoms with E-state index in [-0.39, 0.29) is 42.7 Å². The number of carboxylic acid groups (broad SMARTS) is 1. The van der Waals surface area contributed by atoms with Crippen molar-refractivity contribution < 1.29 is 24.3 Å². The zero-order valence-electron chi connectivity index (χ0n) is 16.1. The molecule has 0 bridgehead atoms. The van der Waals surface area contributed by atoms with Crippen LogP contribution in [-0.4, -0.2) is 52.3 Å². The highest BCUT2D eigenvalue weighted by molar-refractivity contribution is 6.05. The SMILES string of the molecule is N[C@H]1CCCC[C@@H]1Nc1ccc2c(c1)CN(C1CCC(=O)NC1=O)C2=O.O=CO. The third-order valence-electron chi connectivity index (χ3n) is 5.70. The van der Waals surface area contributed by atoms with Gasteiger partial charge in [0.1, 0.15) is 6.04 Å². The smallest absolute Gasteiger partial charge is 0.290 e. The molecule has 1 aromatic carbocycles. The summed E-state index contributed by atoms with van der Waals surface area (Å²) in [6.07, 6.45) is 5.09. The topological polar surface area (TPSA) is 142 Å². The summed E-state index contributed by atoms with van der Waals surface area (Å²) in [5.41, 5.74) is 8.72. The Morgan fingerprint density at radius 3 is 2.59 bits per heavy atom. The van der Waals surface area contributed by atoms with E-state index >= 15 is 0 Å². The van der Waals surface area contributed by atoms with Gasteiger partial charge in [0, 0.05) is 36.3 Å². The standard InChI is InChI=1S/C19H24N4O3.CH2O2/c20-14-3-1-2-4-15(14)21-12-5-6-13-11(9-12)10-23(19(13)26)16-7-8-17(24)22-18(16)25;2-1-3/h5-6,9,14-16,21H,1-4,7-8,10,20H2,(H,22,24,25);1H,(H,2,3)/t14-,15-,16?;/m0./s1. The van der Waals surface area contributed by atoms with Gasteiger partial charge >= 0.3 is 0 Å². The summed E-state index contributed by atoms with van der Waals surface area (Å²) in [5.74, 6) is -0.796. The number of amides is 3. The third-order valence-corrected chi connectivity index (χ3v) is 5.70. The van der Waals surface area contributed by atoms with Gasteiger partial charge in [-0.25, -0.2) is 0 Å². The van der Waals surface area contributed by atoms with Crippen molar-refractivity contribution in [3.05, 3.63) is 29.3 Å². The summed E-state index contributed by atoms with van der Waals surface area (Å²) in [4.78, 5) is 46.1. The van der Waals surface area contributed by atoms with Crippen LogP contribution in [0.3, 0.4) is 0 Å². The van der Waals surface area contributed by atoms with Gasteiger partial charge < -0.3 is 21.1 Å². The van der Waals surface area contributed by atoms with Crippen molar-refractivity contribution in [1.82, 2.24) is 10.2 Å². The van der Waals surface area contributed by atoms with Gasteiger partial charge in [-0.2, -0.15) is 0 Å². The minimum Gasteiger partial charge on any atom is -0.483 e. The van der Waals surface area contributed by atoms with Crippen molar-refractivity contribution in [2.45, 2.75) is 63.2 Å². The van der Waals surface area contributed by atoms with Gasteiger partial charge in [-0.05, 0) is 43.0 Å². The lowest BCUT2D eigenvalue weighted by molar-refractivity contribution is -0.137. The summed E-state index contributed by atoms with van der Waals surface area (Å²) in [5, 5.41) is 12.7. The Hall–Kier alpha value is -2.94. The van der Waals surface area contributed by atoms with Gasteiger partial charge in [-0.3, -0.25) is 24.5 Å². The van der Waals surface area contributed by atoms with Crippen LogP contribution >= 0.6 is 0 Å². The summed E-state index contributed by atoms with van der Waals surface area (Å²) in [6, 6.07) is 5.55. The van der Waals surface area contributed by atoms with E-state index in [0.29, 0.717) is 18.5 Å². The molecule has 0 radical (unpaired) electrons. The number of rotatable bonds is 3. The molecule has 5 N–H and O–H groups in total. The molecule has 1 unspecified atom stereocenters. The first-order valence-corrected chi connectivity index (χ1v) is 9.82. The molecule has 4 rings (SSSR count). The third kappa shape index (κ3) is 4.56. The van der Waals surface area contributed by atoms with Gasteiger partial charge in [0.25, 0.3) is 12.4 Å². The molecular formula is C20H26N4O5. The molecule has 1 saturated carbocycles. The number of nitrogens with zero attached hydrogens (tertiary/aromatic N) is 1. The lowest BCUT2D eigenvalue weighted by atomic mass is 9.91. The normalized spacial score (nSPS) is 26.2. The summed E-state index contributed by atoms with van der Waals surface area (Å²) < 4.78 is 0. The van der Waals surface area contributed by atoms with E-state index in [1.54, 1.807) is 4.90 Å². The second-order valence-electron chi connectivity index (χ2n) is 7.58. The van der Waals surface area contributed by atoms with Crippen LogP contribution in [0.15, 0.2) is 18.2 Å². The van der Waals surface area contributed by atoms with Gasteiger partial charge in [-0.1, -0.05) is 12.8 Å². The maximum Gasteiger partial charge on any atom is 0.290 e. The molecule has 156 valence electrons. The maximum atomic E-state index is 12.7. The average molecular weight is 402 g/mol. The minimum absolute atomic E-state index is 0.143. The molecule has 0 spiro atoms. The summed E-state index contributed by atoms with van der Waals surface area (Å²) in [7, 11) is 0. The zero-order valence-corrected chi connectivity index (χ0v) is 16.1. The van der Waals surface area contributed by atoms with Gasteiger partial charge in [0.15, 0.2) is 0 Å². The fraction of sp³-hybridized carbons (Fsp3) is 0.500. The number of carbonyl (C=O) groups is 4. The second-order valence-corrected chi connectivity index (χ2v) is 7.58. The number of carbonyl (C=O) groups excluding carboxylic acids is 3. The first kappa shape index (κ1) is 20.8. The number of nitrogens with one attached hydrogen (secondary N) is 2. The molecule has 1 aromatic rings. The van der Waals surface area contributed by atoms with Crippen molar-refractivity contribution in [2.75, 3.05) is 5.32 Å². The van der Waals surface area contributed by atoms with Crippen molar-refractivity contribution in [3.8, 4) is 0 Å². The van der Waals surface area contributed by atoms with Gasteiger partial charge in [0.05, 0.1) is 0 Å². The number of fused-ring (bicyclic) bond motifs is 1. The van der Waals surface area contributed by atoms with Gasteiger partial charge in [-0.15, -0.1) is 0 Å². The number of nitrogens with two attached hydrogens (primary N) is 1. The van der Waals surface area contributed by atoms with Crippen LogP contribution in [0.1, 0.15) is 54.4 Å². The molecule has 3 aliphatic rings. The first-order valence-electron chi connectivity index (χ1n) is 9.82. The van der Waals surface area contributed by atoms with E-state index in [9.17, 15) is 14.4 Å². The Balaban J connectivity index is 0.000000755. The highest BCUT2D eigenvalue weighted by Crippen LogP contribution is 2.30. The highest BCUT2D eigenvalue weighted by Gasteiger charge is 2.39. The Morgan fingerprint density at radius 1 is 1.17 bits per heavy atom. The molecule has 2 aliphatic heterocycles. The number of anilines is 1. The van der Waals surface area contributed by atoms with Crippen molar-refractivity contribution >= 4 is 29.9 Å². The van der Waals surface area contributed by atoms with Crippen LogP contribution in [0.2, 0.25) is 0 Å². The lowest BCUT2D eigenvalue weighted by Gasteiger charge is -2.30. The van der Waals surface area contributed by atoms with E-state index < -0.39 is 6.04 Å². The van der Waals surface area contributed by atoms with Crippen LogP contribution in [0, 0.1) is 0 Å². The quantitative estimate of drug-likeness (QED) is 0.433. The molecule has 29 heavy (non-hydrogen) atoms. The molecular weight excluding hydrogens is 376 g/mol. The fourth-order valence-electron chi connectivity index (χ4n) is 4.22.